The summed E-state index contributed by atoms with van der Waals surface area (Å²) in [6, 6.07) is 5.61. The molecule has 1 aromatic carbocycles. The Kier molecular flexibility index (Phi) is 3.07. The van der Waals surface area contributed by atoms with Crippen LogP contribution in [0.5, 0.6) is 5.75 Å². The Bertz CT molecular complexity index is 316. The van der Waals surface area contributed by atoms with E-state index < -0.39 is 0 Å². The SMILES string of the molecule is CCc1ccc(OC)cc1C(C)=O. The van der Waals surface area contributed by atoms with Gasteiger partial charge in [-0.3, -0.25) is 4.79 Å². The molecule has 0 bridgehead atoms. The predicted octanol–water partition coefficient (Wildman–Crippen LogP) is 2.46. The summed E-state index contributed by atoms with van der Waals surface area (Å²) in [6.07, 6.45) is 0.874. The number of aryl methyl sites for hydroxylation is 1. The molecule has 70 valence electrons. The van der Waals surface area contributed by atoms with Crippen LogP contribution in [0.15, 0.2) is 18.2 Å². The van der Waals surface area contributed by atoms with Crippen molar-refractivity contribution >= 4 is 5.78 Å². The molecular weight excluding hydrogens is 164 g/mol. The van der Waals surface area contributed by atoms with Crippen LogP contribution in [0.3, 0.4) is 0 Å². The third kappa shape index (κ3) is 2.08. The number of ether oxygens (including phenoxy) is 1. The molecule has 0 aliphatic rings. The summed E-state index contributed by atoms with van der Waals surface area (Å²) in [5.74, 6) is 0.832. The van der Waals surface area contributed by atoms with Crippen LogP contribution in [0.4, 0.5) is 0 Å². The maximum absolute atomic E-state index is 11.2. The van der Waals surface area contributed by atoms with Gasteiger partial charge in [-0.1, -0.05) is 13.0 Å². The molecule has 0 spiro atoms. The largest absolute Gasteiger partial charge is 0.497 e. The lowest BCUT2D eigenvalue weighted by molar-refractivity contribution is 0.101. The fourth-order valence-corrected chi connectivity index (χ4v) is 1.32. The average molecular weight is 178 g/mol. The standard InChI is InChI=1S/C11H14O2/c1-4-9-5-6-10(13-3)7-11(9)8(2)12/h5-7H,4H2,1-3H3. The highest BCUT2D eigenvalue weighted by Crippen LogP contribution is 2.18. The Morgan fingerprint density at radius 2 is 2.15 bits per heavy atom. The second-order valence-electron chi connectivity index (χ2n) is 2.93. The minimum absolute atomic E-state index is 0.0933. The van der Waals surface area contributed by atoms with Gasteiger partial charge in [0.2, 0.25) is 0 Å². The molecule has 0 unspecified atom stereocenters. The third-order valence-corrected chi connectivity index (χ3v) is 2.08. The first-order valence-electron chi connectivity index (χ1n) is 4.37. The van der Waals surface area contributed by atoms with Crippen LogP contribution >= 0.6 is 0 Å². The van der Waals surface area contributed by atoms with Crippen LogP contribution in [0.25, 0.3) is 0 Å². The Morgan fingerprint density at radius 3 is 2.62 bits per heavy atom. The molecule has 2 heteroatoms. The van der Waals surface area contributed by atoms with E-state index in [1.54, 1.807) is 20.1 Å². The normalized spacial score (nSPS) is 9.77. The smallest absolute Gasteiger partial charge is 0.160 e. The van der Waals surface area contributed by atoms with Gasteiger partial charge in [0.1, 0.15) is 5.75 Å². The van der Waals surface area contributed by atoms with Crippen molar-refractivity contribution in [3.63, 3.8) is 0 Å². The molecular formula is C11H14O2. The summed E-state index contributed by atoms with van der Waals surface area (Å²) < 4.78 is 5.05. The van der Waals surface area contributed by atoms with E-state index in [1.165, 1.54) is 0 Å². The van der Waals surface area contributed by atoms with Gasteiger partial charge in [0, 0.05) is 5.56 Å². The molecule has 2 nitrogen and oxygen atoms in total. The van der Waals surface area contributed by atoms with E-state index in [1.807, 2.05) is 19.1 Å². The van der Waals surface area contributed by atoms with Gasteiger partial charge < -0.3 is 4.74 Å². The summed E-state index contributed by atoms with van der Waals surface area (Å²) in [6.45, 7) is 3.61. The molecule has 0 atom stereocenters. The maximum atomic E-state index is 11.2. The topological polar surface area (TPSA) is 26.3 Å². The summed E-state index contributed by atoms with van der Waals surface area (Å²) in [5.41, 5.74) is 1.84. The Labute approximate surface area is 78.5 Å². The van der Waals surface area contributed by atoms with Gasteiger partial charge in [-0.25, -0.2) is 0 Å². The number of carbonyl (C=O) groups excluding carboxylic acids is 1. The second kappa shape index (κ2) is 4.08. The minimum atomic E-state index is 0.0933. The number of hydrogen-bond donors (Lipinski definition) is 0. The van der Waals surface area contributed by atoms with Gasteiger partial charge in [0.25, 0.3) is 0 Å². The number of benzene rings is 1. The first-order chi connectivity index (χ1) is 6.19. The monoisotopic (exact) mass is 178 g/mol. The summed E-state index contributed by atoms with van der Waals surface area (Å²) in [5, 5.41) is 0. The first-order valence-corrected chi connectivity index (χ1v) is 4.37. The molecule has 0 heterocycles. The van der Waals surface area contributed by atoms with Crippen LogP contribution in [0.1, 0.15) is 29.8 Å². The van der Waals surface area contributed by atoms with Crippen molar-refractivity contribution in [3.8, 4) is 5.75 Å². The quantitative estimate of drug-likeness (QED) is 0.664. The molecule has 0 aromatic heterocycles. The Balaban J connectivity index is 3.18. The Morgan fingerprint density at radius 1 is 1.46 bits per heavy atom. The van der Waals surface area contributed by atoms with Crippen LogP contribution in [-0.4, -0.2) is 12.9 Å². The van der Waals surface area contributed by atoms with E-state index in [-0.39, 0.29) is 5.78 Å². The molecule has 0 amide bonds. The van der Waals surface area contributed by atoms with E-state index in [0.717, 1.165) is 23.3 Å². The summed E-state index contributed by atoms with van der Waals surface area (Å²) in [7, 11) is 1.60. The lowest BCUT2D eigenvalue weighted by atomic mass is 10.0. The fourth-order valence-electron chi connectivity index (χ4n) is 1.32. The fraction of sp³-hybridized carbons (Fsp3) is 0.364. The third-order valence-electron chi connectivity index (χ3n) is 2.08. The molecule has 0 N–H and O–H groups in total. The van der Waals surface area contributed by atoms with Crippen molar-refractivity contribution in [2.24, 2.45) is 0 Å². The van der Waals surface area contributed by atoms with Crippen LogP contribution in [0.2, 0.25) is 0 Å². The zero-order chi connectivity index (χ0) is 9.84. The van der Waals surface area contributed by atoms with Crippen molar-refractivity contribution in [1.82, 2.24) is 0 Å². The summed E-state index contributed by atoms with van der Waals surface area (Å²) in [4.78, 5) is 11.2. The highest BCUT2D eigenvalue weighted by atomic mass is 16.5. The van der Waals surface area contributed by atoms with E-state index in [9.17, 15) is 4.79 Å². The molecule has 0 saturated carbocycles. The van der Waals surface area contributed by atoms with Gasteiger partial charge in [0.15, 0.2) is 5.78 Å². The molecule has 0 aliphatic carbocycles. The zero-order valence-electron chi connectivity index (χ0n) is 8.26. The Hall–Kier alpha value is -1.31. The van der Waals surface area contributed by atoms with Crippen molar-refractivity contribution in [1.29, 1.82) is 0 Å². The number of Topliss-reactive ketones (excluding diaryl/α,β-unsaturated/α-hetero) is 1. The highest BCUT2D eigenvalue weighted by Gasteiger charge is 2.06. The van der Waals surface area contributed by atoms with E-state index in [0.29, 0.717) is 0 Å². The van der Waals surface area contributed by atoms with E-state index in [2.05, 4.69) is 0 Å². The molecule has 0 saturated heterocycles. The van der Waals surface area contributed by atoms with Crippen molar-refractivity contribution in [2.75, 3.05) is 7.11 Å². The predicted molar refractivity (Wildman–Crippen MR) is 52.4 cm³/mol. The van der Waals surface area contributed by atoms with Crippen molar-refractivity contribution in [2.45, 2.75) is 20.3 Å². The first kappa shape index (κ1) is 9.78. The van der Waals surface area contributed by atoms with Crippen molar-refractivity contribution in [3.05, 3.63) is 29.3 Å². The van der Waals surface area contributed by atoms with Gasteiger partial charge in [-0.15, -0.1) is 0 Å². The average Bonchev–Trinajstić information content (AvgIpc) is 2.16. The van der Waals surface area contributed by atoms with Crippen LogP contribution in [-0.2, 0) is 6.42 Å². The molecule has 1 aromatic rings. The van der Waals surface area contributed by atoms with Crippen LogP contribution in [0, 0.1) is 0 Å². The molecule has 1 rings (SSSR count). The highest BCUT2D eigenvalue weighted by molar-refractivity contribution is 5.96. The number of methoxy groups -OCH3 is 1. The number of carbonyl (C=O) groups is 1. The number of ketones is 1. The summed E-state index contributed by atoms with van der Waals surface area (Å²) >= 11 is 0. The zero-order valence-corrected chi connectivity index (χ0v) is 8.26. The van der Waals surface area contributed by atoms with Gasteiger partial charge in [-0.2, -0.15) is 0 Å². The van der Waals surface area contributed by atoms with Gasteiger partial charge in [-0.05, 0) is 31.0 Å². The molecule has 13 heavy (non-hydrogen) atoms. The molecule has 0 aliphatic heterocycles. The lowest BCUT2D eigenvalue weighted by Crippen LogP contribution is -1.99. The van der Waals surface area contributed by atoms with Gasteiger partial charge >= 0.3 is 0 Å². The number of rotatable bonds is 3. The molecule has 0 fully saturated rings. The molecule has 0 radical (unpaired) electrons. The van der Waals surface area contributed by atoms with Crippen molar-refractivity contribution < 1.29 is 9.53 Å². The van der Waals surface area contributed by atoms with Crippen LogP contribution < -0.4 is 4.74 Å². The maximum Gasteiger partial charge on any atom is 0.160 e. The number of hydrogen-bond acceptors (Lipinski definition) is 2. The van der Waals surface area contributed by atoms with E-state index >= 15 is 0 Å². The second-order valence-corrected chi connectivity index (χ2v) is 2.93. The van der Waals surface area contributed by atoms with E-state index in [4.69, 9.17) is 4.74 Å². The minimum Gasteiger partial charge on any atom is -0.497 e. The van der Waals surface area contributed by atoms with Gasteiger partial charge in [0.05, 0.1) is 7.11 Å². The lowest BCUT2D eigenvalue weighted by Gasteiger charge is -2.06.